The highest BCUT2D eigenvalue weighted by Crippen LogP contribution is 2.45. The first-order valence-electron chi connectivity index (χ1n) is 42.6. The molecule has 17 nitrogen and oxygen atoms in total. The molecule has 0 aliphatic carbocycles. The maximum absolute atomic E-state index is 13.1. The van der Waals surface area contributed by atoms with Crippen molar-refractivity contribution in [3.05, 3.63) is 0 Å². The minimum Gasteiger partial charge on any atom is -0.462 e. The lowest BCUT2D eigenvalue weighted by atomic mass is 10.0. The largest absolute Gasteiger partial charge is 0.472 e. The van der Waals surface area contributed by atoms with E-state index in [1.807, 2.05) is 0 Å². The highest BCUT2D eigenvalue weighted by atomic mass is 31.2. The zero-order valence-electron chi connectivity index (χ0n) is 66.1. The highest BCUT2D eigenvalue weighted by Gasteiger charge is 2.30. The smallest absolute Gasteiger partial charge is 0.462 e. The summed E-state index contributed by atoms with van der Waals surface area (Å²) < 4.78 is 68.8. The number of carbonyl (C=O) groups excluding carboxylic acids is 4. The molecule has 0 aromatic carbocycles. The van der Waals surface area contributed by atoms with E-state index in [4.69, 9.17) is 37.0 Å². The molecule has 0 aromatic heterocycles. The SMILES string of the molecule is CCCCCCCCCCCCCCCCCCC(=O)OC[C@H](COP(=O)(O)OC[C@@H](O)COP(=O)(O)OC[C@@H](COC(=O)CCCCCCCCCCCC)OC(=O)CCCCCCCCCCCCCCCCCC)OC(=O)CCCCCCCCCCCCCCCCCCC(C)C. The quantitative estimate of drug-likeness (QED) is 0.0222. The Hall–Kier alpha value is -1.94. The van der Waals surface area contributed by atoms with Crippen LogP contribution in [0.5, 0.6) is 0 Å². The van der Waals surface area contributed by atoms with Crippen molar-refractivity contribution in [2.75, 3.05) is 39.6 Å². The Balaban J connectivity index is 5.23. The van der Waals surface area contributed by atoms with Gasteiger partial charge in [0.2, 0.25) is 0 Å². The minimum atomic E-state index is -4.96. The predicted octanol–water partition coefficient (Wildman–Crippen LogP) is 24.8. The molecule has 19 heteroatoms. The molecule has 0 radical (unpaired) electrons. The van der Waals surface area contributed by atoms with Crippen LogP contribution in [0.15, 0.2) is 0 Å². The summed E-state index contributed by atoms with van der Waals surface area (Å²) in [6.07, 6.45) is 66.5. The van der Waals surface area contributed by atoms with Crippen LogP contribution < -0.4 is 0 Å². The third-order valence-corrected chi connectivity index (χ3v) is 21.2. The molecule has 0 heterocycles. The normalized spacial score (nSPS) is 13.8. The third kappa shape index (κ3) is 76.1. The maximum Gasteiger partial charge on any atom is 0.472 e. The van der Waals surface area contributed by atoms with Crippen LogP contribution in [-0.2, 0) is 65.4 Å². The van der Waals surface area contributed by atoms with Crippen molar-refractivity contribution in [2.24, 2.45) is 5.92 Å². The van der Waals surface area contributed by atoms with Crippen molar-refractivity contribution in [1.29, 1.82) is 0 Å². The average Bonchev–Trinajstić information content (AvgIpc) is 1.35. The molecule has 2 unspecified atom stereocenters. The van der Waals surface area contributed by atoms with E-state index in [1.54, 1.807) is 0 Å². The summed E-state index contributed by atoms with van der Waals surface area (Å²) in [4.78, 5) is 73.1. The van der Waals surface area contributed by atoms with Crippen molar-refractivity contribution in [3.8, 4) is 0 Å². The van der Waals surface area contributed by atoms with Crippen LogP contribution in [0, 0.1) is 5.92 Å². The number of rotatable bonds is 82. The summed E-state index contributed by atoms with van der Waals surface area (Å²) in [5.74, 6) is -1.29. The fourth-order valence-electron chi connectivity index (χ4n) is 12.8. The fraction of sp³-hybridized carbons (Fsp3) is 0.951. The van der Waals surface area contributed by atoms with Gasteiger partial charge in [0.05, 0.1) is 26.4 Å². The van der Waals surface area contributed by atoms with E-state index in [1.165, 1.54) is 263 Å². The lowest BCUT2D eigenvalue weighted by Crippen LogP contribution is -2.30. The molecular weight excluding hydrogens is 1320 g/mol. The van der Waals surface area contributed by atoms with E-state index in [9.17, 15) is 43.2 Å². The van der Waals surface area contributed by atoms with Gasteiger partial charge in [0.1, 0.15) is 19.3 Å². The van der Waals surface area contributed by atoms with Gasteiger partial charge in [-0.3, -0.25) is 37.3 Å². The Morgan fingerprint density at radius 1 is 0.267 bits per heavy atom. The van der Waals surface area contributed by atoms with Crippen LogP contribution in [0.1, 0.15) is 439 Å². The van der Waals surface area contributed by atoms with E-state index in [2.05, 4.69) is 34.6 Å². The third-order valence-electron chi connectivity index (χ3n) is 19.3. The number of hydrogen-bond acceptors (Lipinski definition) is 15. The molecule has 0 amide bonds. The molecule has 0 saturated heterocycles. The van der Waals surface area contributed by atoms with E-state index in [0.29, 0.717) is 25.7 Å². The Kier molecular flexibility index (Phi) is 73.5. The van der Waals surface area contributed by atoms with Crippen LogP contribution in [-0.4, -0.2) is 96.7 Å². The number of esters is 4. The van der Waals surface area contributed by atoms with Crippen molar-refractivity contribution >= 4 is 39.5 Å². The van der Waals surface area contributed by atoms with E-state index < -0.39 is 97.5 Å². The molecule has 5 atom stereocenters. The summed E-state index contributed by atoms with van der Waals surface area (Å²) in [5, 5.41) is 10.6. The molecule has 600 valence electrons. The summed E-state index contributed by atoms with van der Waals surface area (Å²) in [7, 11) is -9.92. The van der Waals surface area contributed by atoms with Gasteiger partial charge >= 0.3 is 39.5 Å². The van der Waals surface area contributed by atoms with Crippen molar-refractivity contribution in [1.82, 2.24) is 0 Å². The Bertz CT molecular complexity index is 1930. The fourth-order valence-corrected chi connectivity index (χ4v) is 14.3. The second kappa shape index (κ2) is 74.9. The molecule has 0 aliphatic rings. The Labute approximate surface area is 619 Å². The molecule has 0 aliphatic heterocycles. The van der Waals surface area contributed by atoms with Crippen molar-refractivity contribution in [2.45, 2.75) is 457 Å². The highest BCUT2D eigenvalue weighted by molar-refractivity contribution is 7.47. The van der Waals surface area contributed by atoms with Crippen LogP contribution in [0.25, 0.3) is 0 Å². The number of ether oxygens (including phenoxy) is 4. The first kappa shape index (κ1) is 99.1. The molecule has 0 rings (SSSR count). The number of hydrogen-bond donors (Lipinski definition) is 3. The maximum atomic E-state index is 13.1. The summed E-state index contributed by atoms with van der Waals surface area (Å²) >= 11 is 0. The van der Waals surface area contributed by atoms with Crippen molar-refractivity contribution in [3.63, 3.8) is 0 Å². The second-order valence-electron chi connectivity index (χ2n) is 30.0. The van der Waals surface area contributed by atoms with Crippen LogP contribution in [0.2, 0.25) is 0 Å². The molecule has 0 aromatic rings. The van der Waals surface area contributed by atoms with E-state index in [-0.39, 0.29) is 25.7 Å². The number of unbranched alkanes of at least 4 members (excludes halogenated alkanes) is 54. The molecule has 0 bridgehead atoms. The monoisotopic (exact) mass is 1480 g/mol. The molecule has 0 fully saturated rings. The first-order chi connectivity index (χ1) is 49.0. The second-order valence-corrected chi connectivity index (χ2v) is 32.9. The zero-order chi connectivity index (χ0) is 74.1. The van der Waals surface area contributed by atoms with E-state index >= 15 is 0 Å². The number of aliphatic hydroxyl groups is 1. The Morgan fingerprint density at radius 2 is 0.455 bits per heavy atom. The number of phosphoric ester groups is 2. The molecule has 0 saturated carbocycles. The lowest BCUT2D eigenvalue weighted by Gasteiger charge is -2.21. The minimum absolute atomic E-state index is 0.109. The van der Waals surface area contributed by atoms with Gasteiger partial charge in [-0.15, -0.1) is 0 Å². The first-order valence-corrected chi connectivity index (χ1v) is 45.6. The molecule has 101 heavy (non-hydrogen) atoms. The van der Waals surface area contributed by atoms with Crippen molar-refractivity contribution < 1.29 is 80.2 Å². The summed E-state index contributed by atoms with van der Waals surface area (Å²) in [5.41, 5.74) is 0. The average molecular weight is 1480 g/mol. The molecule has 3 N–H and O–H groups in total. The topological polar surface area (TPSA) is 237 Å². The number of aliphatic hydroxyl groups excluding tert-OH is 1. The van der Waals surface area contributed by atoms with Crippen LogP contribution in [0.4, 0.5) is 0 Å². The van der Waals surface area contributed by atoms with Crippen LogP contribution in [0.3, 0.4) is 0 Å². The van der Waals surface area contributed by atoms with Gasteiger partial charge in [-0.1, -0.05) is 388 Å². The standard InChI is InChI=1S/C82H160O17P2/c1-6-9-12-15-18-21-24-26-28-33-37-41-46-51-56-61-66-80(85)93-72-78(99-82(87)68-63-58-53-48-43-39-35-31-30-32-36-40-44-49-54-59-64-75(4)5)74-97-101(90,91)95-70-76(83)69-94-100(88,89)96-73-77(71-92-79(84)65-60-55-50-45-23-20-17-14-11-8-3)98-81(86)67-62-57-52-47-42-38-34-29-27-25-22-19-16-13-10-7-2/h75-78,83H,6-74H2,1-5H3,(H,88,89)(H,90,91)/t76-,77+,78+/m0/s1. The van der Waals surface area contributed by atoms with Gasteiger partial charge in [0.25, 0.3) is 0 Å². The molecular formula is C82H160O17P2. The van der Waals surface area contributed by atoms with E-state index in [0.717, 1.165) is 95.8 Å². The van der Waals surface area contributed by atoms with Gasteiger partial charge in [-0.05, 0) is 31.6 Å². The lowest BCUT2D eigenvalue weighted by molar-refractivity contribution is -0.161. The van der Waals surface area contributed by atoms with Gasteiger partial charge < -0.3 is 33.8 Å². The van der Waals surface area contributed by atoms with Gasteiger partial charge in [0.15, 0.2) is 12.2 Å². The summed E-state index contributed by atoms with van der Waals surface area (Å²) in [6, 6.07) is 0. The number of carbonyl (C=O) groups is 4. The van der Waals surface area contributed by atoms with Crippen LogP contribution >= 0.6 is 15.6 Å². The zero-order valence-corrected chi connectivity index (χ0v) is 67.8. The van der Waals surface area contributed by atoms with Gasteiger partial charge in [-0.25, -0.2) is 9.13 Å². The number of phosphoric acid groups is 2. The van der Waals surface area contributed by atoms with Gasteiger partial charge in [-0.2, -0.15) is 0 Å². The Morgan fingerprint density at radius 3 is 0.673 bits per heavy atom. The van der Waals surface area contributed by atoms with Gasteiger partial charge in [0, 0.05) is 25.7 Å². The summed E-state index contributed by atoms with van der Waals surface area (Å²) in [6.45, 7) is 7.37. The predicted molar refractivity (Wildman–Crippen MR) is 414 cm³/mol. The molecule has 0 spiro atoms.